The molecule has 5 rings (SSSR count). The van der Waals surface area contributed by atoms with Crippen LogP contribution in [0.15, 0.2) is 45.6 Å². The first-order chi connectivity index (χ1) is 16.2. The van der Waals surface area contributed by atoms with Crippen LogP contribution in [-0.2, 0) is 11.2 Å². The Morgan fingerprint density at radius 1 is 1.00 bits per heavy atom. The lowest BCUT2D eigenvalue weighted by atomic mass is 9.41. The van der Waals surface area contributed by atoms with Crippen LogP contribution < -0.4 is 15.1 Å². The summed E-state index contributed by atoms with van der Waals surface area (Å²) >= 11 is 0. The lowest BCUT2D eigenvalue weighted by Crippen LogP contribution is -2.81. The number of phenols is 1. The van der Waals surface area contributed by atoms with E-state index in [-0.39, 0.29) is 47.8 Å². The van der Waals surface area contributed by atoms with Gasteiger partial charge in [0.2, 0.25) is 0 Å². The van der Waals surface area contributed by atoms with Crippen LogP contribution in [0.25, 0.3) is 11.3 Å². The molecule has 1 fully saturated rings. The van der Waals surface area contributed by atoms with Gasteiger partial charge < -0.3 is 29.2 Å². The van der Waals surface area contributed by atoms with E-state index >= 15 is 0 Å². The van der Waals surface area contributed by atoms with Gasteiger partial charge >= 0.3 is 5.63 Å². The highest BCUT2D eigenvalue weighted by Gasteiger charge is 2.77. The van der Waals surface area contributed by atoms with Crippen molar-refractivity contribution >= 4 is 5.78 Å². The molecule has 2 heterocycles. The Labute approximate surface area is 202 Å². The fourth-order valence-corrected chi connectivity index (χ4v) is 6.43. The van der Waals surface area contributed by atoms with E-state index in [1.807, 2.05) is 13.8 Å². The third-order valence-electron chi connectivity index (χ3n) is 8.94. The summed E-state index contributed by atoms with van der Waals surface area (Å²) in [4.78, 5) is 26.5. The number of benzene rings is 1. The predicted molar refractivity (Wildman–Crippen MR) is 127 cm³/mol. The molecule has 1 aliphatic heterocycles. The number of carbonyl (C=O) groups is 1. The molecular formula is C27H30O8. The van der Waals surface area contributed by atoms with Crippen LogP contribution in [0, 0.1) is 10.8 Å². The SMILES string of the molecule is COc1cc(-c2cc3c(c(=O)o2)C[C@]2(O)[C@@]4(C)C(=O)C=CC(C)(C)[C@]4(O)CC[C@@]2(C)O3)ccc1O. The van der Waals surface area contributed by atoms with Crippen LogP contribution in [0.1, 0.15) is 46.1 Å². The van der Waals surface area contributed by atoms with E-state index in [4.69, 9.17) is 13.9 Å². The number of ether oxygens (including phenoxy) is 2. The van der Waals surface area contributed by atoms with Crippen LogP contribution in [0.5, 0.6) is 17.2 Å². The molecule has 35 heavy (non-hydrogen) atoms. The van der Waals surface area contributed by atoms with Crippen LogP contribution in [0.3, 0.4) is 0 Å². The van der Waals surface area contributed by atoms with Gasteiger partial charge in [-0.1, -0.05) is 19.9 Å². The zero-order valence-corrected chi connectivity index (χ0v) is 20.5. The van der Waals surface area contributed by atoms with Gasteiger partial charge in [-0.25, -0.2) is 4.79 Å². The fraction of sp³-hybridized carbons (Fsp3) is 0.481. The first-order valence-electron chi connectivity index (χ1n) is 11.6. The number of allylic oxidation sites excluding steroid dienone is 1. The van der Waals surface area contributed by atoms with Crippen molar-refractivity contribution in [2.45, 2.75) is 63.8 Å². The van der Waals surface area contributed by atoms with Crippen molar-refractivity contribution in [2.75, 3.05) is 7.11 Å². The molecule has 0 unspecified atom stereocenters. The number of phenolic OH excluding ortho intramolecular Hbond substituents is 1. The van der Waals surface area contributed by atoms with Crippen molar-refractivity contribution in [1.82, 2.24) is 0 Å². The summed E-state index contributed by atoms with van der Waals surface area (Å²) in [6.07, 6.45) is 3.38. The Bertz CT molecular complexity index is 1340. The Balaban J connectivity index is 1.67. The second-order valence-electron chi connectivity index (χ2n) is 10.9. The topological polar surface area (TPSA) is 126 Å². The number of hydrogen-bond acceptors (Lipinski definition) is 8. The largest absolute Gasteiger partial charge is 0.504 e. The second-order valence-corrected chi connectivity index (χ2v) is 10.9. The van der Waals surface area contributed by atoms with Crippen molar-refractivity contribution in [3.63, 3.8) is 0 Å². The average Bonchev–Trinajstić information content (AvgIpc) is 2.80. The third-order valence-corrected chi connectivity index (χ3v) is 8.94. The molecule has 2 aromatic rings. The summed E-state index contributed by atoms with van der Waals surface area (Å²) in [6, 6.07) is 6.13. The summed E-state index contributed by atoms with van der Waals surface area (Å²) in [7, 11) is 1.42. The van der Waals surface area contributed by atoms with Gasteiger partial charge in [-0.2, -0.15) is 0 Å². The zero-order valence-electron chi connectivity index (χ0n) is 20.5. The molecular weight excluding hydrogens is 452 g/mol. The van der Waals surface area contributed by atoms with Gasteiger partial charge in [0.15, 0.2) is 17.3 Å². The number of aromatic hydroxyl groups is 1. The number of methoxy groups -OCH3 is 1. The highest BCUT2D eigenvalue weighted by molar-refractivity contribution is 5.98. The molecule has 8 nitrogen and oxygen atoms in total. The van der Waals surface area contributed by atoms with Gasteiger partial charge in [0.25, 0.3) is 0 Å². The maximum absolute atomic E-state index is 13.4. The molecule has 4 atom stereocenters. The Hall–Kier alpha value is -3.10. The van der Waals surface area contributed by atoms with Crippen molar-refractivity contribution < 1.29 is 34.0 Å². The monoisotopic (exact) mass is 482 g/mol. The summed E-state index contributed by atoms with van der Waals surface area (Å²) < 4.78 is 17.1. The maximum atomic E-state index is 13.4. The van der Waals surface area contributed by atoms with Crippen molar-refractivity contribution in [3.05, 3.63) is 52.4 Å². The Morgan fingerprint density at radius 3 is 2.40 bits per heavy atom. The van der Waals surface area contributed by atoms with Gasteiger partial charge in [0.1, 0.15) is 22.7 Å². The minimum atomic E-state index is -1.88. The normalized spacial score (nSPS) is 34.9. The van der Waals surface area contributed by atoms with E-state index in [0.717, 1.165) is 0 Å². The minimum Gasteiger partial charge on any atom is -0.504 e. The van der Waals surface area contributed by atoms with E-state index in [9.17, 15) is 24.9 Å². The first-order valence-corrected chi connectivity index (χ1v) is 11.6. The lowest BCUT2D eigenvalue weighted by molar-refractivity contribution is -0.297. The Morgan fingerprint density at radius 2 is 1.71 bits per heavy atom. The molecule has 1 saturated carbocycles. The van der Waals surface area contributed by atoms with Crippen molar-refractivity contribution in [3.8, 4) is 28.6 Å². The first kappa shape index (κ1) is 23.6. The number of rotatable bonds is 2. The van der Waals surface area contributed by atoms with E-state index in [1.54, 1.807) is 32.1 Å². The Kier molecular flexibility index (Phi) is 4.71. The van der Waals surface area contributed by atoms with Crippen LogP contribution in [0.2, 0.25) is 0 Å². The number of hydrogen-bond donors (Lipinski definition) is 3. The number of aliphatic hydroxyl groups is 2. The second kappa shape index (κ2) is 6.98. The third kappa shape index (κ3) is 2.75. The molecule has 3 N–H and O–H groups in total. The number of carbonyl (C=O) groups excluding carboxylic acids is 1. The molecule has 0 saturated heterocycles. The number of fused-ring (bicyclic) bond motifs is 4. The maximum Gasteiger partial charge on any atom is 0.343 e. The van der Waals surface area contributed by atoms with E-state index in [2.05, 4.69) is 0 Å². The average molecular weight is 483 g/mol. The molecule has 0 amide bonds. The molecule has 1 aromatic carbocycles. The van der Waals surface area contributed by atoms with Gasteiger partial charge in [0.05, 0.1) is 23.7 Å². The highest BCUT2D eigenvalue weighted by Crippen LogP contribution is 2.65. The molecule has 0 bridgehead atoms. The molecule has 0 radical (unpaired) electrons. The van der Waals surface area contributed by atoms with Gasteiger partial charge in [-0.15, -0.1) is 0 Å². The molecule has 0 spiro atoms. The van der Waals surface area contributed by atoms with E-state index in [0.29, 0.717) is 5.56 Å². The molecule has 2 aliphatic carbocycles. The van der Waals surface area contributed by atoms with Crippen LogP contribution in [-0.4, -0.2) is 45.0 Å². The fourth-order valence-electron chi connectivity index (χ4n) is 6.43. The standard InChI is InChI=1S/C27H30O8/c1-23(2)9-8-21(29)25(4)26(23,31)11-10-24(3)27(25,32)14-16-19(35-24)13-18(34-22(16)30)15-6-7-17(28)20(12-15)33-5/h6-9,12-13,28,31-32H,10-11,14H2,1-5H3/t24-,25+,26-,27-/m1/s1. The summed E-state index contributed by atoms with van der Waals surface area (Å²) in [6.45, 7) is 6.97. The highest BCUT2D eigenvalue weighted by atomic mass is 16.5. The molecule has 1 aromatic heterocycles. The summed E-state index contributed by atoms with van der Waals surface area (Å²) in [5.41, 5.74) is -7.22. The predicted octanol–water partition coefficient (Wildman–Crippen LogP) is 3.14. The van der Waals surface area contributed by atoms with E-state index in [1.165, 1.54) is 25.3 Å². The van der Waals surface area contributed by atoms with Gasteiger partial charge in [0, 0.05) is 23.5 Å². The smallest absolute Gasteiger partial charge is 0.343 e. The van der Waals surface area contributed by atoms with Crippen LogP contribution in [0.4, 0.5) is 0 Å². The van der Waals surface area contributed by atoms with Gasteiger partial charge in [-0.05, 0) is 51.0 Å². The molecule has 3 aliphatic rings. The lowest BCUT2D eigenvalue weighted by Gasteiger charge is -2.68. The van der Waals surface area contributed by atoms with E-state index < -0.39 is 39.0 Å². The van der Waals surface area contributed by atoms with Crippen LogP contribution >= 0.6 is 0 Å². The number of ketones is 1. The van der Waals surface area contributed by atoms with Gasteiger partial charge in [-0.3, -0.25) is 4.79 Å². The summed E-state index contributed by atoms with van der Waals surface area (Å²) in [5.74, 6) is 0.218. The summed E-state index contributed by atoms with van der Waals surface area (Å²) in [5, 5.41) is 34.1. The zero-order chi connectivity index (χ0) is 25.6. The van der Waals surface area contributed by atoms with Crippen molar-refractivity contribution in [1.29, 1.82) is 0 Å². The quantitative estimate of drug-likeness (QED) is 0.596. The minimum absolute atomic E-state index is 0.0533. The van der Waals surface area contributed by atoms with Crippen molar-refractivity contribution in [2.24, 2.45) is 10.8 Å². The molecule has 186 valence electrons. The molecule has 8 heteroatoms.